The summed E-state index contributed by atoms with van der Waals surface area (Å²) in [5.74, 6) is 2.42. The van der Waals surface area contributed by atoms with Crippen LogP contribution in [0.2, 0.25) is 0 Å². The molecule has 156 valence electrons. The van der Waals surface area contributed by atoms with Gasteiger partial charge in [0.1, 0.15) is 0 Å². The highest BCUT2D eigenvalue weighted by Gasteiger charge is 2.56. The summed E-state index contributed by atoms with van der Waals surface area (Å²) in [7, 11) is 0. The summed E-state index contributed by atoms with van der Waals surface area (Å²) in [5.41, 5.74) is -0.281. The lowest BCUT2D eigenvalue weighted by molar-refractivity contribution is -0.0725. The quantitative estimate of drug-likeness (QED) is 0.470. The Balaban J connectivity index is 1.91. The van der Waals surface area contributed by atoms with Gasteiger partial charge in [-0.2, -0.15) is 5.26 Å². The molecule has 0 bridgehead atoms. The average Bonchev–Trinajstić information content (AvgIpc) is 2.95. The molecular formula is C24H43NO2. The molecular weight excluding hydrogens is 334 g/mol. The Bertz CT molecular complexity index is 492. The monoisotopic (exact) mass is 377 g/mol. The minimum atomic E-state index is -0.531. The number of nitrogens with zero attached hydrogens (tertiary/aromatic N) is 1. The van der Waals surface area contributed by atoms with Crippen LogP contribution >= 0.6 is 0 Å². The van der Waals surface area contributed by atoms with Crippen LogP contribution in [-0.4, -0.2) is 21.9 Å². The zero-order chi connectivity index (χ0) is 20.1. The molecule has 3 heteroatoms. The van der Waals surface area contributed by atoms with Gasteiger partial charge in [-0.1, -0.05) is 39.5 Å². The zero-order valence-electron chi connectivity index (χ0n) is 18.2. The lowest BCUT2D eigenvalue weighted by Crippen LogP contribution is -2.47. The second-order valence-corrected chi connectivity index (χ2v) is 10.4. The zero-order valence-corrected chi connectivity index (χ0v) is 18.2. The van der Waals surface area contributed by atoms with Crippen molar-refractivity contribution in [3.8, 4) is 6.07 Å². The maximum Gasteiger partial charge on any atom is 0.0621 e. The summed E-state index contributed by atoms with van der Waals surface area (Å²) in [6.45, 7) is 8.61. The normalized spacial score (nSPS) is 34.9. The molecule has 0 aliphatic heterocycles. The van der Waals surface area contributed by atoms with Crippen LogP contribution in [0, 0.1) is 40.4 Å². The topological polar surface area (TPSA) is 64.2 Å². The van der Waals surface area contributed by atoms with Gasteiger partial charge in [0.15, 0.2) is 0 Å². The predicted octanol–water partition coefficient (Wildman–Crippen LogP) is 5.84. The van der Waals surface area contributed by atoms with Crippen molar-refractivity contribution in [3.63, 3.8) is 0 Å². The molecule has 0 radical (unpaired) electrons. The van der Waals surface area contributed by atoms with Crippen LogP contribution in [0.1, 0.15) is 105 Å². The van der Waals surface area contributed by atoms with E-state index in [1.807, 2.05) is 13.8 Å². The van der Waals surface area contributed by atoms with Crippen molar-refractivity contribution >= 4 is 0 Å². The van der Waals surface area contributed by atoms with Crippen LogP contribution in [0.3, 0.4) is 0 Å². The number of nitriles is 1. The molecule has 6 atom stereocenters. The highest BCUT2D eigenvalue weighted by molar-refractivity contribution is 5.05. The smallest absolute Gasteiger partial charge is 0.0621 e. The maximum atomic E-state index is 10.7. The van der Waals surface area contributed by atoms with E-state index in [0.717, 1.165) is 31.6 Å². The van der Waals surface area contributed by atoms with Crippen molar-refractivity contribution in [2.75, 3.05) is 0 Å². The molecule has 0 aromatic heterocycles. The standard InChI is InChI=1S/C24H43NO2/c1-18(10-9-17-25)20-13-14-21-22(26)15-12-19(24(20,21)4)11-7-5-6-8-16-23(2,3)27/h18-22,26-27H,5-16H2,1-4H3/t18-,19-,20-,21+,22+,24-/m1/s1. The summed E-state index contributed by atoms with van der Waals surface area (Å²) in [6, 6.07) is 2.32. The van der Waals surface area contributed by atoms with Gasteiger partial charge >= 0.3 is 0 Å². The van der Waals surface area contributed by atoms with Crippen LogP contribution in [0.15, 0.2) is 0 Å². The van der Waals surface area contributed by atoms with Gasteiger partial charge in [0, 0.05) is 6.42 Å². The molecule has 0 spiro atoms. The van der Waals surface area contributed by atoms with Gasteiger partial charge in [-0.05, 0) is 87.9 Å². The van der Waals surface area contributed by atoms with Crippen LogP contribution in [0.5, 0.6) is 0 Å². The lowest BCUT2D eigenvalue weighted by Gasteiger charge is -2.51. The molecule has 0 heterocycles. The SMILES string of the molecule is C[C@H](CCC#N)[C@H]1CC[C@H]2[C@@H](O)CC[C@@H](CCCCCCC(C)(C)O)[C@]12C. The molecule has 0 aromatic carbocycles. The van der Waals surface area contributed by atoms with Gasteiger partial charge < -0.3 is 10.2 Å². The molecule has 2 N–H and O–H groups in total. The maximum absolute atomic E-state index is 10.7. The number of aliphatic hydroxyl groups is 2. The fourth-order valence-corrected chi connectivity index (χ4v) is 6.50. The Hall–Kier alpha value is -0.590. The number of fused-ring (bicyclic) bond motifs is 1. The Morgan fingerprint density at radius 2 is 1.81 bits per heavy atom. The minimum absolute atomic E-state index is 0.119. The van der Waals surface area contributed by atoms with Crippen LogP contribution in [0.4, 0.5) is 0 Å². The van der Waals surface area contributed by atoms with E-state index >= 15 is 0 Å². The molecule has 2 aliphatic carbocycles. The fraction of sp³-hybridized carbons (Fsp3) is 0.958. The second-order valence-electron chi connectivity index (χ2n) is 10.4. The van der Waals surface area contributed by atoms with E-state index in [0.29, 0.717) is 24.2 Å². The molecule has 2 fully saturated rings. The van der Waals surface area contributed by atoms with E-state index < -0.39 is 5.60 Å². The Kier molecular flexibility index (Phi) is 8.19. The van der Waals surface area contributed by atoms with E-state index in [9.17, 15) is 10.2 Å². The number of aliphatic hydroxyl groups excluding tert-OH is 1. The molecule has 0 unspecified atom stereocenters. The number of unbranched alkanes of at least 4 members (excludes halogenated alkanes) is 3. The molecule has 2 saturated carbocycles. The lowest BCUT2D eigenvalue weighted by atomic mass is 9.55. The van der Waals surface area contributed by atoms with Gasteiger partial charge in [-0.15, -0.1) is 0 Å². The summed E-state index contributed by atoms with van der Waals surface area (Å²) >= 11 is 0. The summed E-state index contributed by atoms with van der Waals surface area (Å²) in [6.07, 6.45) is 13.1. The third-order valence-electron chi connectivity index (χ3n) is 8.03. The Morgan fingerprint density at radius 1 is 1.11 bits per heavy atom. The molecule has 3 nitrogen and oxygen atoms in total. The van der Waals surface area contributed by atoms with Crippen molar-refractivity contribution in [2.45, 2.75) is 116 Å². The first-order valence-corrected chi connectivity index (χ1v) is 11.5. The third kappa shape index (κ3) is 5.70. The van der Waals surface area contributed by atoms with E-state index in [1.54, 1.807) is 0 Å². The molecule has 27 heavy (non-hydrogen) atoms. The van der Waals surface area contributed by atoms with Crippen LogP contribution in [-0.2, 0) is 0 Å². The van der Waals surface area contributed by atoms with E-state index in [-0.39, 0.29) is 11.5 Å². The van der Waals surface area contributed by atoms with E-state index in [1.165, 1.54) is 44.9 Å². The Morgan fingerprint density at radius 3 is 2.48 bits per heavy atom. The van der Waals surface area contributed by atoms with Crippen LogP contribution < -0.4 is 0 Å². The van der Waals surface area contributed by atoms with Gasteiger partial charge in [-0.25, -0.2) is 0 Å². The van der Waals surface area contributed by atoms with Crippen LogP contribution in [0.25, 0.3) is 0 Å². The highest BCUT2D eigenvalue weighted by Crippen LogP contribution is 2.61. The largest absolute Gasteiger partial charge is 0.393 e. The van der Waals surface area contributed by atoms with Crippen molar-refractivity contribution in [2.24, 2.45) is 29.1 Å². The summed E-state index contributed by atoms with van der Waals surface area (Å²) in [5, 5.41) is 29.5. The van der Waals surface area contributed by atoms with E-state index in [4.69, 9.17) is 5.26 Å². The molecule has 0 amide bonds. The number of hydrogen-bond donors (Lipinski definition) is 2. The average molecular weight is 378 g/mol. The Labute approximate surface area is 167 Å². The van der Waals surface area contributed by atoms with Crippen molar-refractivity contribution in [1.29, 1.82) is 5.26 Å². The van der Waals surface area contributed by atoms with Gasteiger partial charge in [0.05, 0.1) is 17.8 Å². The summed E-state index contributed by atoms with van der Waals surface area (Å²) < 4.78 is 0. The molecule has 0 saturated heterocycles. The predicted molar refractivity (Wildman–Crippen MR) is 111 cm³/mol. The van der Waals surface area contributed by atoms with Gasteiger partial charge in [0.2, 0.25) is 0 Å². The van der Waals surface area contributed by atoms with Gasteiger partial charge in [-0.3, -0.25) is 0 Å². The second kappa shape index (κ2) is 9.75. The molecule has 2 rings (SSSR count). The van der Waals surface area contributed by atoms with Crippen molar-refractivity contribution in [3.05, 3.63) is 0 Å². The fourth-order valence-electron chi connectivity index (χ4n) is 6.50. The van der Waals surface area contributed by atoms with Crippen molar-refractivity contribution in [1.82, 2.24) is 0 Å². The number of rotatable bonds is 10. The first-order valence-electron chi connectivity index (χ1n) is 11.5. The first kappa shape index (κ1) is 22.7. The minimum Gasteiger partial charge on any atom is -0.393 e. The molecule has 2 aliphatic rings. The highest BCUT2D eigenvalue weighted by atomic mass is 16.3. The molecule has 0 aromatic rings. The van der Waals surface area contributed by atoms with Gasteiger partial charge in [0.25, 0.3) is 0 Å². The number of hydrogen-bond acceptors (Lipinski definition) is 3. The summed E-state index contributed by atoms with van der Waals surface area (Å²) in [4.78, 5) is 0. The van der Waals surface area contributed by atoms with E-state index in [2.05, 4.69) is 19.9 Å². The first-order chi connectivity index (χ1) is 12.7. The van der Waals surface area contributed by atoms with Crippen molar-refractivity contribution < 1.29 is 10.2 Å². The third-order valence-corrected chi connectivity index (χ3v) is 8.03.